The molecule has 1 atom stereocenters. The summed E-state index contributed by atoms with van der Waals surface area (Å²) in [5.74, 6) is 0.311. The lowest BCUT2D eigenvalue weighted by molar-refractivity contribution is 0.151. The number of fused-ring (bicyclic) bond motifs is 1. The van der Waals surface area contributed by atoms with E-state index >= 15 is 0 Å². The third-order valence-electron chi connectivity index (χ3n) is 3.68. The largest absolute Gasteiger partial charge is 0.363 e. The number of rotatable bonds is 4. The fourth-order valence-electron chi connectivity index (χ4n) is 2.49. The Morgan fingerprint density at radius 1 is 1.08 bits per heavy atom. The molecule has 0 bridgehead atoms. The zero-order valence-electron chi connectivity index (χ0n) is 13.1. The van der Waals surface area contributed by atoms with Crippen molar-refractivity contribution >= 4 is 16.7 Å². The van der Waals surface area contributed by atoms with Gasteiger partial charge in [-0.1, -0.05) is 18.2 Å². The Kier molecular flexibility index (Phi) is 4.33. The lowest BCUT2D eigenvalue weighted by atomic mass is 10.1. The first-order chi connectivity index (χ1) is 11.4. The van der Waals surface area contributed by atoms with Gasteiger partial charge in [0.2, 0.25) is 5.95 Å². The van der Waals surface area contributed by atoms with E-state index in [0.29, 0.717) is 28.1 Å². The highest BCUT2D eigenvalue weighted by molar-refractivity contribution is 5.88. The van der Waals surface area contributed by atoms with Gasteiger partial charge in [-0.05, 0) is 25.5 Å². The number of benzene rings is 1. The molecule has 1 aromatic carbocycles. The van der Waals surface area contributed by atoms with Crippen LogP contribution in [-0.4, -0.2) is 15.0 Å². The van der Waals surface area contributed by atoms with E-state index in [0.717, 1.165) is 0 Å². The summed E-state index contributed by atoms with van der Waals surface area (Å²) in [7, 11) is 0. The first kappa shape index (κ1) is 16.2. The number of aryl methyl sites for hydroxylation is 1. The average Bonchev–Trinajstić information content (AvgIpc) is 2.55. The molecule has 1 N–H and O–H groups in total. The van der Waals surface area contributed by atoms with Crippen molar-refractivity contribution in [3.63, 3.8) is 0 Å². The molecule has 0 aliphatic carbocycles. The van der Waals surface area contributed by atoms with Gasteiger partial charge in [-0.3, -0.25) is 0 Å². The standard InChI is InChI=1S/C17H15F3N4/c1-9(11-4-3-5-12(6-11)16(19)20)22-17-13-7-15(18)21-8-14(13)23-10(2)24-17/h3-9,16H,1-2H3,(H,22,23,24)/t9-/m1/s1. The van der Waals surface area contributed by atoms with Gasteiger partial charge in [-0.15, -0.1) is 0 Å². The predicted molar refractivity (Wildman–Crippen MR) is 85.5 cm³/mol. The Bertz CT molecular complexity index is 883. The van der Waals surface area contributed by atoms with Gasteiger partial charge in [0.1, 0.15) is 11.6 Å². The molecule has 2 heterocycles. The third-order valence-corrected chi connectivity index (χ3v) is 3.68. The van der Waals surface area contributed by atoms with Gasteiger partial charge in [-0.25, -0.2) is 23.7 Å². The van der Waals surface area contributed by atoms with Crippen molar-refractivity contribution in [2.45, 2.75) is 26.3 Å². The van der Waals surface area contributed by atoms with Crippen LogP contribution in [0.3, 0.4) is 0 Å². The Labute approximate surface area is 136 Å². The summed E-state index contributed by atoms with van der Waals surface area (Å²) in [5, 5.41) is 3.64. The maximum absolute atomic E-state index is 13.4. The number of hydrogen-bond donors (Lipinski definition) is 1. The fourth-order valence-corrected chi connectivity index (χ4v) is 2.49. The van der Waals surface area contributed by atoms with Crippen LogP contribution in [0.2, 0.25) is 0 Å². The Morgan fingerprint density at radius 2 is 1.83 bits per heavy atom. The Hall–Kier alpha value is -2.70. The molecule has 7 heteroatoms. The molecule has 3 rings (SSSR count). The summed E-state index contributed by atoms with van der Waals surface area (Å²) in [6, 6.07) is 7.12. The van der Waals surface area contributed by atoms with Crippen LogP contribution in [0.25, 0.3) is 10.9 Å². The van der Waals surface area contributed by atoms with Gasteiger partial charge < -0.3 is 5.32 Å². The Balaban J connectivity index is 1.97. The van der Waals surface area contributed by atoms with E-state index in [-0.39, 0.29) is 11.6 Å². The summed E-state index contributed by atoms with van der Waals surface area (Å²) >= 11 is 0. The van der Waals surface area contributed by atoms with Crippen molar-refractivity contribution < 1.29 is 13.2 Å². The second kappa shape index (κ2) is 6.43. The maximum Gasteiger partial charge on any atom is 0.263 e. The number of aromatic nitrogens is 3. The smallest absolute Gasteiger partial charge is 0.263 e. The summed E-state index contributed by atoms with van der Waals surface area (Å²) in [6.07, 6.45) is -1.19. The van der Waals surface area contributed by atoms with Gasteiger partial charge in [-0.2, -0.15) is 4.39 Å². The summed E-state index contributed by atoms with van der Waals surface area (Å²) < 4.78 is 39.1. The average molecular weight is 332 g/mol. The molecule has 0 spiro atoms. The number of halogens is 3. The number of alkyl halides is 2. The number of anilines is 1. The van der Waals surface area contributed by atoms with Crippen LogP contribution in [-0.2, 0) is 0 Å². The third kappa shape index (κ3) is 3.29. The van der Waals surface area contributed by atoms with Gasteiger partial charge in [0.05, 0.1) is 11.7 Å². The van der Waals surface area contributed by atoms with E-state index < -0.39 is 12.4 Å². The molecule has 4 nitrogen and oxygen atoms in total. The highest BCUT2D eigenvalue weighted by Gasteiger charge is 2.14. The van der Waals surface area contributed by atoms with Gasteiger partial charge >= 0.3 is 0 Å². The molecule has 0 aliphatic heterocycles. The summed E-state index contributed by atoms with van der Waals surface area (Å²) in [5.41, 5.74) is 1.16. The highest BCUT2D eigenvalue weighted by Crippen LogP contribution is 2.27. The van der Waals surface area contributed by atoms with Crippen LogP contribution >= 0.6 is 0 Å². The predicted octanol–water partition coefficient (Wildman–Crippen LogP) is 4.58. The maximum atomic E-state index is 13.4. The van der Waals surface area contributed by atoms with E-state index in [4.69, 9.17) is 0 Å². The van der Waals surface area contributed by atoms with Crippen molar-refractivity contribution in [2.24, 2.45) is 0 Å². The monoisotopic (exact) mass is 332 g/mol. The lowest BCUT2D eigenvalue weighted by Gasteiger charge is -2.17. The molecule has 3 aromatic rings. The van der Waals surface area contributed by atoms with Crippen molar-refractivity contribution in [1.82, 2.24) is 15.0 Å². The number of hydrogen-bond acceptors (Lipinski definition) is 4. The van der Waals surface area contributed by atoms with E-state index in [1.165, 1.54) is 24.4 Å². The topological polar surface area (TPSA) is 50.7 Å². The van der Waals surface area contributed by atoms with Gasteiger partial charge in [0.25, 0.3) is 6.43 Å². The quantitative estimate of drug-likeness (QED) is 0.710. The molecule has 0 amide bonds. The van der Waals surface area contributed by atoms with E-state index in [9.17, 15) is 13.2 Å². The van der Waals surface area contributed by atoms with Crippen molar-refractivity contribution in [3.8, 4) is 0 Å². The molecule has 0 aliphatic rings. The van der Waals surface area contributed by atoms with Gasteiger partial charge in [0, 0.05) is 23.1 Å². The summed E-state index contributed by atoms with van der Waals surface area (Å²) in [4.78, 5) is 12.1. The highest BCUT2D eigenvalue weighted by atomic mass is 19.3. The van der Waals surface area contributed by atoms with Gasteiger partial charge in [0.15, 0.2) is 0 Å². The minimum atomic E-state index is -2.53. The molecule has 0 saturated carbocycles. The Morgan fingerprint density at radius 3 is 2.58 bits per heavy atom. The van der Waals surface area contributed by atoms with Crippen LogP contribution in [0.1, 0.15) is 36.3 Å². The molecule has 0 radical (unpaired) electrons. The second-order valence-electron chi connectivity index (χ2n) is 5.48. The molecule has 0 fully saturated rings. The van der Waals surface area contributed by atoms with E-state index in [1.807, 2.05) is 6.92 Å². The minimum absolute atomic E-state index is 0.0416. The lowest BCUT2D eigenvalue weighted by Crippen LogP contribution is -2.10. The fraction of sp³-hybridized carbons (Fsp3) is 0.235. The van der Waals surface area contributed by atoms with Crippen LogP contribution in [0.15, 0.2) is 36.5 Å². The minimum Gasteiger partial charge on any atom is -0.363 e. The number of pyridine rings is 1. The first-order valence-corrected chi connectivity index (χ1v) is 7.38. The normalized spacial score (nSPS) is 12.6. The molecule has 2 aromatic heterocycles. The van der Waals surface area contributed by atoms with Crippen molar-refractivity contribution in [1.29, 1.82) is 0 Å². The SMILES string of the molecule is Cc1nc(N[C@H](C)c2cccc(C(F)F)c2)c2cc(F)ncc2n1. The van der Waals surface area contributed by atoms with E-state index in [1.54, 1.807) is 19.1 Å². The molecule has 24 heavy (non-hydrogen) atoms. The van der Waals surface area contributed by atoms with Crippen LogP contribution in [0, 0.1) is 12.9 Å². The molecule has 0 unspecified atom stereocenters. The van der Waals surface area contributed by atoms with Crippen LogP contribution in [0.5, 0.6) is 0 Å². The molecular formula is C17H15F3N4. The van der Waals surface area contributed by atoms with Crippen molar-refractivity contribution in [2.75, 3.05) is 5.32 Å². The van der Waals surface area contributed by atoms with Crippen LogP contribution < -0.4 is 5.32 Å². The number of nitrogens with zero attached hydrogens (tertiary/aromatic N) is 3. The van der Waals surface area contributed by atoms with Crippen LogP contribution in [0.4, 0.5) is 19.0 Å². The molecule has 124 valence electrons. The summed E-state index contributed by atoms with van der Waals surface area (Å²) in [6.45, 7) is 3.54. The van der Waals surface area contributed by atoms with E-state index in [2.05, 4.69) is 20.3 Å². The molecule has 0 saturated heterocycles. The second-order valence-corrected chi connectivity index (χ2v) is 5.48. The van der Waals surface area contributed by atoms with Crippen molar-refractivity contribution in [3.05, 3.63) is 59.4 Å². The zero-order chi connectivity index (χ0) is 17.3. The molecular weight excluding hydrogens is 317 g/mol. The number of nitrogens with one attached hydrogen (secondary N) is 1. The zero-order valence-corrected chi connectivity index (χ0v) is 13.1. The first-order valence-electron chi connectivity index (χ1n) is 7.38.